The van der Waals surface area contributed by atoms with Crippen LogP contribution in [0.3, 0.4) is 0 Å². The SMILES string of the molecule is CCCc1ccc(-c2cccc(-c3ccccc3)c2)cc1.Cc1ccc2c(c1)C(C)(C)c1cc(N(c3ccccc3)c3ccc(-c4cccc(-c5ccccc5)c4)cc3)ccc1-2.Cc1ccccc1. The van der Waals surface area contributed by atoms with Crippen molar-refractivity contribution in [2.24, 2.45) is 0 Å². The Labute approximate surface area is 411 Å². The molecule has 0 spiro atoms. The Balaban J connectivity index is 0.000000175. The van der Waals surface area contributed by atoms with E-state index in [0.29, 0.717) is 0 Å². The molecule has 0 bridgehead atoms. The van der Waals surface area contributed by atoms with Gasteiger partial charge in [0, 0.05) is 22.5 Å². The van der Waals surface area contributed by atoms with E-state index in [1.54, 1.807) is 0 Å². The molecule has 0 radical (unpaired) electrons. The molecule has 10 aromatic rings. The fraction of sp³-hybridized carbons (Fsp3) is 0.118. The molecule has 1 aliphatic rings. The highest BCUT2D eigenvalue weighted by Crippen LogP contribution is 2.51. The Hall–Kier alpha value is -8.00. The molecule has 10 aromatic carbocycles. The predicted octanol–water partition coefficient (Wildman–Crippen LogP) is 19.1. The first-order valence-corrected chi connectivity index (χ1v) is 24.4. The summed E-state index contributed by atoms with van der Waals surface area (Å²) in [5.74, 6) is 0. The average molecular weight is 892 g/mol. The molecule has 0 heterocycles. The second kappa shape index (κ2) is 21.3. The van der Waals surface area contributed by atoms with Crippen molar-refractivity contribution in [3.63, 3.8) is 0 Å². The molecule has 69 heavy (non-hydrogen) atoms. The Morgan fingerprint density at radius 1 is 0.319 bits per heavy atom. The van der Waals surface area contributed by atoms with Gasteiger partial charge in [0.05, 0.1) is 0 Å². The maximum absolute atomic E-state index is 2.40. The first kappa shape index (κ1) is 46.1. The molecule has 1 heteroatoms. The van der Waals surface area contributed by atoms with Gasteiger partial charge in [0.2, 0.25) is 0 Å². The minimum Gasteiger partial charge on any atom is -0.310 e. The normalized spacial score (nSPS) is 11.8. The molecule has 0 saturated heterocycles. The van der Waals surface area contributed by atoms with E-state index in [1.165, 1.54) is 95.6 Å². The Bertz CT molecular complexity index is 3220. The first-order chi connectivity index (χ1) is 33.7. The standard InChI is InChI=1S/C40H33N.C21H20.C7H8/c1-28-17-23-36-37-24-22-35(27-39(37)40(2,3)38(36)25-28)41(33-15-8-5-9-16-33)34-20-18-30(19-21-34)32-14-10-13-31(26-32)29-11-6-4-7-12-29;1-2-7-17-12-14-19(15-13-17)21-11-6-10-20(16-21)18-8-4-3-5-9-18;1-7-5-3-2-4-6-7/h4-27H,1-3H3;3-6,8-16H,2,7H2,1H3;2-6H,1H3. The summed E-state index contributed by atoms with van der Waals surface area (Å²) in [5.41, 5.74) is 22.9. The average Bonchev–Trinajstić information content (AvgIpc) is 3.62. The Morgan fingerprint density at radius 3 is 1.19 bits per heavy atom. The van der Waals surface area contributed by atoms with Crippen LogP contribution < -0.4 is 4.90 Å². The van der Waals surface area contributed by atoms with Gasteiger partial charge in [0.1, 0.15) is 0 Å². The lowest BCUT2D eigenvalue weighted by Gasteiger charge is -2.28. The highest BCUT2D eigenvalue weighted by molar-refractivity contribution is 5.86. The molecule has 0 aromatic heterocycles. The lowest BCUT2D eigenvalue weighted by atomic mass is 9.82. The smallest absolute Gasteiger partial charge is 0.0465 e. The van der Waals surface area contributed by atoms with E-state index in [9.17, 15) is 0 Å². The van der Waals surface area contributed by atoms with E-state index in [-0.39, 0.29) is 5.41 Å². The summed E-state index contributed by atoms with van der Waals surface area (Å²) in [4.78, 5) is 2.37. The molecule has 0 atom stereocenters. The number of anilines is 3. The van der Waals surface area contributed by atoms with Crippen LogP contribution in [0.2, 0.25) is 0 Å². The van der Waals surface area contributed by atoms with Gasteiger partial charge in [0.15, 0.2) is 0 Å². The third kappa shape index (κ3) is 10.8. The van der Waals surface area contributed by atoms with Crippen LogP contribution in [0.4, 0.5) is 17.1 Å². The zero-order valence-corrected chi connectivity index (χ0v) is 40.6. The fourth-order valence-electron chi connectivity index (χ4n) is 9.51. The molecular formula is C68H61N. The summed E-state index contributed by atoms with van der Waals surface area (Å²) in [6.45, 7) is 11.2. The highest BCUT2D eigenvalue weighted by Gasteiger charge is 2.36. The van der Waals surface area contributed by atoms with Crippen LogP contribution in [0, 0.1) is 13.8 Å². The van der Waals surface area contributed by atoms with E-state index in [1.807, 2.05) is 18.2 Å². The van der Waals surface area contributed by atoms with Gasteiger partial charge in [-0.25, -0.2) is 0 Å². The van der Waals surface area contributed by atoms with Crippen LogP contribution in [0.25, 0.3) is 55.6 Å². The molecule has 0 fully saturated rings. The van der Waals surface area contributed by atoms with Crippen LogP contribution in [0.15, 0.2) is 255 Å². The van der Waals surface area contributed by atoms with Gasteiger partial charge in [0.25, 0.3) is 0 Å². The zero-order valence-electron chi connectivity index (χ0n) is 40.6. The van der Waals surface area contributed by atoms with Crippen molar-refractivity contribution in [1.82, 2.24) is 0 Å². The minimum atomic E-state index is -0.0529. The molecule has 0 aliphatic heterocycles. The number of benzene rings is 10. The predicted molar refractivity (Wildman–Crippen MR) is 297 cm³/mol. The summed E-state index contributed by atoms with van der Waals surface area (Å²) < 4.78 is 0. The highest BCUT2D eigenvalue weighted by atomic mass is 15.1. The second-order valence-electron chi connectivity index (χ2n) is 18.6. The summed E-state index contributed by atoms with van der Waals surface area (Å²) >= 11 is 0. The van der Waals surface area contributed by atoms with Crippen molar-refractivity contribution in [2.75, 3.05) is 4.90 Å². The van der Waals surface area contributed by atoms with Gasteiger partial charge in [-0.1, -0.05) is 245 Å². The number of para-hydroxylation sites is 1. The molecule has 338 valence electrons. The number of rotatable bonds is 9. The molecule has 0 amide bonds. The summed E-state index contributed by atoms with van der Waals surface area (Å²) in [7, 11) is 0. The Morgan fingerprint density at radius 2 is 0.710 bits per heavy atom. The number of fused-ring (bicyclic) bond motifs is 3. The van der Waals surface area contributed by atoms with Gasteiger partial charge in [-0.15, -0.1) is 0 Å². The zero-order chi connectivity index (χ0) is 47.6. The molecule has 1 nitrogen and oxygen atoms in total. The second-order valence-corrected chi connectivity index (χ2v) is 18.6. The van der Waals surface area contributed by atoms with E-state index in [4.69, 9.17) is 0 Å². The quantitative estimate of drug-likeness (QED) is 0.140. The largest absolute Gasteiger partial charge is 0.310 e. The van der Waals surface area contributed by atoms with Gasteiger partial charge in [-0.3, -0.25) is 0 Å². The van der Waals surface area contributed by atoms with Gasteiger partial charge < -0.3 is 4.90 Å². The lowest BCUT2D eigenvalue weighted by Crippen LogP contribution is -2.16. The summed E-state index contributed by atoms with van der Waals surface area (Å²) in [6, 6.07) is 91.4. The van der Waals surface area contributed by atoms with Gasteiger partial charge in [-0.2, -0.15) is 0 Å². The van der Waals surface area contributed by atoms with Crippen LogP contribution in [-0.4, -0.2) is 0 Å². The third-order valence-electron chi connectivity index (χ3n) is 13.3. The van der Waals surface area contributed by atoms with Crippen LogP contribution in [0.5, 0.6) is 0 Å². The summed E-state index contributed by atoms with van der Waals surface area (Å²) in [6.07, 6.45) is 2.35. The molecule has 0 saturated carbocycles. The number of aryl methyl sites for hydroxylation is 3. The first-order valence-electron chi connectivity index (χ1n) is 24.4. The van der Waals surface area contributed by atoms with Crippen LogP contribution >= 0.6 is 0 Å². The molecule has 0 unspecified atom stereocenters. The van der Waals surface area contributed by atoms with E-state index in [2.05, 4.69) is 276 Å². The van der Waals surface area contributed by atoms with E-state index >= 15 is 0 Å². The molecule has 1 aliphatic carbocycles. The van der Waals surface area contributed by atoms with Gasteiger partial charge >= 0.3 is 0 Å². The van der Waals surface area contributed by atoms with E-state index < -0.39 is 0 Å². The van der Waals surface area contributed by atoms with Crippen molar-refractivity contribution in [3.05, 3.63) is 283 Å². The van der Waals surface area contributed by atoms with Crippen LogP contribution in [0.1, 0.15) is 55.0 Å². The maximum atomic E-state index is 2.40. The maximum Gasteiger partial charge on any atom is 0.0465 e. The fourth-order valence-corrected chi connectivity index (χ4v) is 9.51. The van der Waals surface area contributed by atoms with Crippen LogP contribution in [-0.2, 0) is 11.8 Å². The van der Waals surface area contributed by atoms with Crippen molar-refractivity contribution in [2.45, 2.75) is 52.9 Å². The number of hydrogen-bond acceptors (Lipinski definition) is 1. The van der Waals surface area contributed by atoms with Crippen molar-refractivity contribution < 1.29 is 0 Å². The van der Waals surface area contributed by atoms with E-state index in [0.717, 1.165) is 17.8 Å². The van der Waals surface area contributed by atoms with Crippen molar-refractivity contribution >= 4 is 17.1 Å². The summed E-state index contributed by atoms with van der Waals surface area (Å²) in [5, 5.41) is 0. The van der Waals surface area contributed by atoms with Crippen molar-refractivity contribution in [1.29, 1.82) is 0 Å². The van der Waals surface area contributed by atoms with Crippen molar-refractivity contribution in [3.8, 4) is 55.6 Å². The topological polar surface area (TPSA) is 3.24 Å². The third-order valence-corrected chi connectivity index (χ3v) is 13.3. The molecular weight excluding hydrogens is 831 g/mol. The Kier molecular flexibility index (Phi) is 14.2. The minimum absolute atomic E-state index is 0.0529. The number of hydrogen-bond donors (Lipinski definition) is 0. The lowest BCUT2D eigenvalue weighted by molar-refractivity contribution is 0.660. The monoisotopic (exact) mass is 891 g/mol. The van der Waals surface area contributed by atoms with Gasteiger partial charge in [-0.05, 0) is 141 Å². The molecule has 11 rings (SSSR count). The molecule has 0 N–H and O–H groups in total. The number of nitrogens with zero attached hydrogens (tertiary/aromatic N) is 1.